The predicted molar refractivity (Wildman–Crippen MR) is 107 cm³/mol. The van der Waals surface area contributed by atoms with Crippen LogP contribution in [0.2, 0.25) is 0 Å². The second-order valence-corrected chi connectivity index (χ2v) is 8.49. The molecule has 2 fully saturated rings. The van der Waals surface area contributed by atoms with Crippen LogP contribution in [0.1, 0.15) is 53.1 Å². The molecule has 4 rings (SSSR count). The Labute approximate surface area is 170 Å². The standard InChI is InChI=1S/C21H28N6O2/c1-15-10-23-17(11-22-15)12-27-14-21(5-4-19(27)28)6-8-26(9-7-21)20(29)18-13-25(3)24-16(18)2/h10-11,13H,4-9,12,14H2,1-3H3. The number of likely N-dealkylation sites (tertiary alicyclic amines) is 2. The lowest BCUT2D eigenvalue weighted by Crippen LogP contribution is -2.52. The number of hydrogen-bond donors (Lipinski definition) is 0. The molecule has 0 aliphatic carbocycles. The molecule has 8 nitrogen and oxygen atoms in total. The van der Waals surface area contributed by atoms with E-state index >= 15 is 0 Å². The van der Waals surface area contributed by atoms with Crippen LogP contribution in [0.15, 0.2) is 18.6 Å². The largest absolute Gasteiger partial charge is 0.338 e. The van der Waals surface area contributed by atoms with Gasteiger partial charge in [-0.3, -0.25) is 24.2 Å². The zero-order chi connectivity index (χ0) is 20.6. The summed E-state index contributed by atoms with van der Waals surface area (Å²) < 4.78 is 1.69. The molecule has 4 heterocycles. The Morgan fingerprint density at radius 1 is 1.14 bits per heavy atom. The van der Waals surface area contributed by atoms with E-state index in [4.69, 9.17) is 0 Å². The van der Waals surface area contributed by atoms with Gasteiger partial charge in [0.2, 0.25) is 5.91 Å². The third-order valence-corrected chi connectivity index (χ3v) is 6.29. The van der Waals surface area contributed by atoms with Crippen LogP contribution in [0.3, 0.4) is 0 Å². The first kappa shape index (κ1) is 19.5. The van der Waals surface area contributed by atoms with Crippen LogP contribution in [-0.2, 0) is 18.4 Å². The minimum atomic E-state index is 0.0594. The first-order valence-electron chi connectivity index (χ1n) is 10.2. The normalized spacial score (nSPS) is 19.1. The van der Waals surface area contributed by atoms with Crippen molar-refractivity contribution < 1.29 is 9.59 Å². The Balaban J connectivity index is 1.40. The van der Waals surface area contributed by atoms with Gasteiger partial charge >= 0.3 is 0 Å². The molecular weight excluding hydrogens is 368 g/mol. The topological polar surface area (TPSA) is 84.2 Å². The van der Waals surface area contributed by atoms with Gasteiger partial charge in [0.25, 0.3) is 5.91 Å². The van der Waals surface area contributed by atoms with Crippen molar-refractivity contribution in [3.8, 4) is 0 Å². The van der Waals surface area contributed by atoms with Crippen LogP contribution in [0.4, 0.5) is 0 Å². The van der Waals surface area contributed by atoms with E-state index in [1.54, 1.807) is 23.3 Å². The van der Waals surface area contributed by atoms with Crippen LogP contribution in [0, 0.1) is 19.3 Å². The quantitative estimate of drug-likeness (QED) is 0.791. The molecule has 2 amide bonds. The van der Waals surface area contributed by atoms with Crippen molar-refractivity contribution in [3.05, 3.63) is 41.2 Å². The number of nitrogens with zero attached hydrogens (tertiary/aromatic N) is 6. The van der Waals surface area contributed by atoms with Gasteiger partial charge in [-0.1, -0.05) is 0 Å². The van der Waals surface area contributed by atoms with Crippen molar-refractivity contribution in [2.75, 3.05) is 19.6 Å². The van der Waals surface area contributed by atoms with Crippen LogP contribution < -0.4 is 0 Å². The fourth-order valence-electron chi connectivity index (χ4n) is 4.52. The minimum absolute atomic E-state index is 0.0594. The Morgan fingerprint density at radius 2 is 1.90 bits per heavy atom. The van der Waals surface area contributed by atoms with Gasteiger partial charge in [-0.15, -0.1) is 0 Å². The van der Waals surface area contributed by atoms with Gasteiger partial charge in [-0.2, -0.15) is 5.10 Å². The fraction of sp³-hybridized carbons (Fsp3) is 0.571. The van der Waals surface area contributed by atoms with Crippen LogP contribution in [0.5, 0.6) is 0 Å². The van der Waals surface area contributed by atoms with E-state index in [2.05, 4.69) is 15.1 Å². The van der Waals surface area contributed by atoms with Gasteiger partial charge in [0.1, 0.15) is 0 Å². The summed E-state index contributed by atoms with van der Waals surface area (Å²) in [6.45, 7) is 6.46. The monoisotopic (exact) mass is 396 g/mol. The summed E-state index contributed by atoms with van der Waals surface area (Å²) in [6, 6.07) is 0. The number of piperidine rings is 2. The summed E-state index contributed by atoms with van der Waals surface area (Å²) in [5, 5.41) is 4.29. The summed E-state index contributed by atoms with van der Waals surface area (Å²) >= 11 is 0. The SMILES string of the molecule is Cc1cnc(CN2CC3(CCC2=O)CCN(C(=O)c2cn(C)nc2C)CC3)cn1. The third-order valence-electron chi connectivity index (χ3n) is 6.29. The molecule has 0 bridgehead atoms. The zero-order valence-electron chi connectivity index (χ0n) is 17.4. The Kier molecular flexibility index (Phi) is 5.10. The Morgan fingerprint density at radius 3 is 2.52 bits per heavy atom. The molecule has 2 aromatic rings. The van der Waals surface area contributed by atoms with Gasteiger partial charge in [0.15, 0.2) is 0 Å². The number of carbonyl (C=O) groups is 2. The van der Waals surface area contributed by atoms with Gasteiger partial charge in [0, 0.05) is 45.5 Å². The first-order chi connectivity index (χ1) is 13.8. The highest BCUT2D eigenvalue weighted by atomic mass is 16.2. The lowest BCUT2D eigenvalue weighted by atomic mass is 9.72. The van der Waals surface area contributed by atoms with Gasteiger partial charge in [-0.05, 0) is 38.5 Å². The van der Waals surface area contributed by atoms with Crippen LogP contribution in [-0.4, -0.2) is 61.0 Å². The minimum Gasteiger partial charge on any atom is -0.338 e. The summed E-state index contributed by atoms with van der Waals surface area (Å²) in [5.41, 5.74) is 3.23. The molecule has 2 saturated heterocycles. The third kappa shape index (κ3) is 4.02. The smallest absolute Gasteiger partial charge is 0.257 e. The lowest BCUT2D eigenvalue weighted by molar-refractivity contribution is -0.139. The van der Waals surface area contributed by atoms with E-state index < -0.39 is 0 Å². The molecule has 2 aliphatic rings. The number of aromatic nitrogens is 4. The number of rotatable bonds is 3. The van der Waals surface area contributed by atoms with Gasteiger partial charge in [0.05, 0.1) is 35.4 Å². The first-order valence-corrected chi connectivity index (χ1v) is 10.2. The molecule has 1 spiro atoms. The van der Waals surface area contributed by atoms with Crippen molar-refractivity contribution in [1.82, 2.24) is 29.5 Å². The van der Waals surface area contributed by atoms with E-state index in [1.165, 1.54) is 0 Å². The molecule has 2 aromatic heterocycles. The van der Waals surface area contributed by atoms with Gasteiger partial charge in [-0.25, -0.2) is 0 Å². The fourth-order valence-corrected chi connectivity index (χ4v) is 4.52. The highest BCUT2D eigenvalue weighted by molar-refractivity contribution is 5.95. The van der Waals surface area contributed by atoms with Crippen LogP contribution >= 0.6 is 0 Å². The Bertz CT molecular complexity index is 912. The number of amides is 2. The van der Waals surface area contributed by atoms with Crippen molar-refractivity contribution >= 4 is 11.8 Å². The highest BCUT2D eigenvalue weighted by Crippen LogP contribution is 2.40. The summed E-state index contributed by atoms with van der Waals surface area (Å²) in [6.07, 6.45) is 8.59. The van der Waals surface area contributed by atoms with Crippen molar-refractivity contribution in [2.45, 2.75) is 46.1 Å². The second-order valence-electron chi connectivity index (χ2n) is 8.49. The van der Waals surface area contributed by atoms with E-state index in [0.29, 0.717) is 18.5 Å². The number of aryl methyl sites for hydroxylation is 3. The molecule has 29 heavy (non-hydrogen) atoms. The summed E-state index contributed by atoms with van der Waals surface area (Å²) in [7, 11) is 1.83. The maximum atomic E-state index is 12.9. The molecule has 2 aliphatic heterocycles. The molecule has 8 heteroatoms. The van der Waals surface area contributed by atoms with Crippen molar-refractivity contribution in [2.24, 2.45) is 12.5 Å². The molecule has 0 aromatic carbocycles. The maximum absolute atomic E-state index is 12.9. The molecule has 0 unspecified atom stereocenters. The number of carbonyl (C=O) groups excluding carboxylic acids is 2. The predicted octanol–water partition coefficient (Wildman–Crippen LogP) is 1.87. The number of hydrogen-bond acceptors (Lipinski definition) is 5. The summed E-state index contributed by atoms with van der Waals surface area (Å²) in [4.78, 5) is 37.9. The van der Waals surface area contributed by atoms with E-state index in [-0.39, 0.29) is 17.2 Å². The summed E-state index contributed by atoms with van der Waals surface area (Å²) in [5.74, 6) is 0.242. The van der Waals surface area contributed by atoms with E-state index in [0.717, 1.165) is 56.0 Å². The molecule has 0 atom stereocenters. The molecule has 0 N–H and O–H groups in total. The van der Waals surface area contributed by atoms with Crippen molar-refractivity contribution in [3.63, 3.8) is 0 Å². The maximum Gasteiger partial charge on any atom is 0.257 e. The van der Waals surface area contributed by atoms with Gasteiger partial charge < -0.3 is 9.80 Å². The molecule has 0 radical (unpaired) electrons. The molecule has 154 valence electrons. The van der Waals surface area contributed by atoms with E-state index in [9.17, 15) is 9.59 Å². The average Bonchev–Trinajstić information content (AvgIpc) is 3.05. The average molecular weight is 396 g/mol. The Hall–Kier alpha value is -2.77. The highest BCUT2D eigenvalue weighted by Gasteiger charge is 2.42. The zero-order valence-corrected chi connectivity index (χ0v) is 17.4. The van der Waals surface area contributed by atoms with Crippen LogP contribution in [0.25, 0.3) is 0 Å². The molecule has 0 saturated carbocycles. The molecular formula is C21H28N6O2. The lowest BCUT2D eigenvalue weighted by Gasteiger charge is -2.47. The van der Waals surface area contributed by atoms with E-state index in [1.807, 2.05) is 30.7 Å². The van der Waals surface area contributed by atoms with Crippen molar-refractivity contribution in [1.29, 1.82) is 0 Å². The second kappa shape index (κ2) is 7.57.